The van der Waals surface area contributed by atoms with Crippen LogP contribution in [-0.2, 0) is 11.3 Å². The van der Waals surface area contributed by atoms with Gasteiger partial charge in [-0.25, -0.2) is 4.39 Å². The highest BCUT2D eigenvalue weighted by atomic mass is 32.2. The Morgan fingerprint density at radius 2 is 2.27 bits per heavy atom. The number of halogens is 1. The van der Waals surface area contributed by atoms with E-state index in [0.717, 1.165) is 0 Å². The molecule has 0 bridgehead atoms. The van der Waals surface area contributed by atoms with Crippen molar-refractivity contribution in [3.8, 4) is 11.6 Å². The topological polar surface area (TPSA) is 73.0 Å². The van der Waals surface area contributed by atoms with E-state index in [1.807, 2.05) is 4.57 Å². The molecule has 6 nitrogen and oxygen atoms in total. The third-order valence-corrected chi connectivity index (χ3v) is 4.59. The number of thioether (sulfide) groups is 1. The molecule has 0 fully saturated rings. The van der Waals surface area contributed by atoms with E-state index < -0.39 is 11.1 Å². The van der Waals surface area contributed by atoms with Crippen molar-refractivity contribution < 1.29 is 13.6 Å². The molecule has 0 spiro atoms. The Morgan fingerprint density at radius 3 is 2.96 bits per heavy atom. The van der Waals surface area contributed by atoms with Gasteiger partial charge in [0.25, 0.3) is 0 Å². The molecule has 26 heavy (non-hydrogen) atoms. The van der Waals surface area contributed by atoms with Crippen LogP contribution in [0.2, 0.25) is 0 Å². The Morgan fingerprint density at radius 1 is 1.42 bits per heavy atom. The smallest absolute Gasteiger partial charge is 0.237 e. The summed E-state index contributed by atoms with van der Waals surface area (Å²) in [5.41, 5.74) is 0.409. The number of hydrogen-bond donors (Lipinski definition) is 1. The first kappa shape index (κ1) is 17.9. The zero-order valence-electron chi connectivity index (χ0n) is 14.1. The van der Waals surface area contributed by atoms with Gasteiger partial charge in [-0.15, -0.1) is 16.8 Å². The van der Waals surface area contributed by atoms with Gasteiger partial charge in [-0.05, 0) is 37.3 Å². The number of nitrogens with zero attached hydrogens (tertiary/aromatic N) is 3. The van der Waals surface area contributed by atoms with Crippen LogP contribution in [-0.4, -0.2) is 25.9 Å². The lowest BCUT2D eigenvalue weighted by atomic mass is 10.3. The molecule has 0 saturated carbocycles. The molecule has 3 aromatic rings. The van der Waals surface area contributed by atoms with Gasteiger partial charge < -0.3 is 9.73 Å². The maximum Gasteiger partial charge on any atom is 0.237 e. The van der Waals surface area contributed by atoms with Crippen LogP contribution >= 0.6 is 11.8 Å². The Balaban J connectivity index is 1.75. The quantitative estimate of drug-likeness (QED) is 0.502. The minimum atomic E-state index is -0.463. The number of nitrogens with one attached hydrogen (secondary N) is 1. The molecule has 0 radical (unpaired) electrons. The highest BCUT2D eigenvalue weighted by Gasteiger charge is 2.21. The molecule has 1 amide bonds. The number of rotatable bonds is 7. The fourth-order valence-corrected chi connectivity index (χ4v) is 3.14. The van der Waals surface area contributed by atoms with Gasteiger partial charge in [0, 0.05) is 12.2 Å². The lowest BCUT2D eigenvalue weighted by molar-refractivity contribution is -0.115. The van der Waals surface area contributed by atoms with Crippen LogP contribution in [0.15, 0.2) is 64.9 Å². The maximum atomic E-state index is 13.2. The van der Waals surface area contributed by atoms with Crippen LogP contribution < -0.4 is 5.32 Å². The van der Waals surface area contributed by atoms with E-state index in [1.54, 1.807) is 43.5 Å². The van der Waals surface area contributed by atoms with Crippen molar-refractivity contribution in [2.45, 2.75) is 23.9 Å². The summed E-state index contributed by atoms with van der Waals surface area (Å²) in [7, 11) is 0. The first-order chi connectivity index (χ1) is 12.6. The summed E-state index contributed by atoms with van der Waals surface area (Å²) in [6.07, 6.45) is 3.28. The number of allylic oxidation sites excluding steroid dienone is 1. The van der Waals surface area contributed by atoms with Crippen LogP contribution in [0.25, 0.3) is 11.6 Å². The summed E-state index contributed by atoms with van der Waals surface area (Å²) >= 11 is 1.25. The predicted molar refractivity (Wildman–Crippen MR) is 98.3 cm³/mol. The van der Waals surface area contributed by atoms with E-state index in [9.17, 15) is 9.18 Å². The number of benzene rings is 1. The third-order valence-electron chi connectivity index (χ3n) is 3.51. The molecule has 1 atom stereocenters. The van der Waals surface area contributed by atoms with E-state index in [1.165, 1.54) is 23.9 Å². The lowest BCUT2D eigenvalue weighted by Gasteiger charge is -2.12. The number of aromatic nitrogens is 3. The normalized spacial score (nSPS) is 11.9. The summed E-state index contributed by atoms with van der Waals surface area (Å²) in [5, 5.41) is 11.1. The molecule has 0 aliphatic heterocycles. The molecule has 0 aliphatic rings. The number of carbonyl (C=O) groups excluding carboxylic acids is 1. The molecule has 1 aromatic carbocycles. The van der Waals surface area contributed by atoms with Crippen LogP contribution in [0.5, 0.6) is 0 Å². The number of amides is 1. The minimum absolute atomic E-state index is 0.256. The number of anilines is 1. The van der Waals surface area contributed by atoms with Crippen LogP contribution in [0.1, 0.15) is 6.92 Å². The second-order valence-corrected chi connectivity index (χ2v) is 6.75. The second-order valence-electron chi connectivity index (χ2n) is 5.44. The summed E-state index contributed by atoms with van der Waals surface area (Å²) in [5.74, 6) is 0.489. The zero-order valence-corrected chi connectivity index (χ0v) is 14.9. The third kappa shape index (κ3) is 4.02. The summed E-state index contributed by atoms with van der Waals surface area (Å²) in [6.45, 7) is 5.97. The van der Waals surface area contributed by atoms with E-state index in [4.69, 9.17) is 4.42 Å². The van der Waals surface area contributed by atoms with Crippen LogP contribution in [0, 0.1) is 5.82 Å². The van der Waals surface area contributed by atoms with Gasteiger partial charge in [-0.2, -0.15) is 0 Å². The molecule has 0 saturated heterocycles. The minimum Gasteiger partial charge on any atom is -0.461 e. The summed E-state index contributed by atoms with van der Waals surface area (Å²) < 4.78 is 20.4. The Hall–Kier alpha value is -2.87. The molecule has 2 aromatic heterocycles. The fourth-order valence-electron chi connectivity index (χ4n) is 2.28. The maximum absolute atomic E-state index is 13.2. The first-order valence-corrected chi connectivity index (χ1v) is 8.77. The van der Waals surface area contributed by atoms with E-state index >= 15 is 0 Å². The number of furan rings is 1. The number of carbonyl (C=O) groups is 1. The van der Waals surface area contributed by atoms with Crippen molar-refractivity contribution in [2.75, 3.05) is 5.32 Å². The SMILES string of the molecule is C=CCn1c(SC(C)C(=O)Nc2cccc(F)c2)nnc1-c1ccco1. The standard InChI is InChI=1S/C18H17FN4O2S/c1-3-9-23-16(15-8-5-10-25-15)21-22-18(23)26-12(2)17(24)20-14-7-4-6-13(19)11-14/h3-8,10-12H,1,9H2,2H3,(H,20,24). The monoisotopic (exact) mass is 372 g/mol. The number of hydrogen-bond acceptors (Lipinski definition) is 5. The van der Waals surface area contributed by atoms with Gasteiger partial charge in [0.15, 0.2) is 10.9 Å². The van der Waals surface area contributed by atoms with Gasteiger partial charge in [-0.1, -0.05) is 23.9 Å². The molecular formula is C18H17FN4O2S. The van der Waals surface area contributed by atoms with E-state index in [0.29, 0.717) is 29.0 Å². The van der Waals surface area contributed by atoms with Crippen LogP contribution in [0.4, 0.5) is 10.1 Å². The average Bonchev–Trinajstić information content (AvgIpc) is 3.25. The molecule has 8 heteroatoms. The Kier molecular flexibility index (Phi) is 5.52. The molecule has 1 unspecified atom stereocenters. The highest BCUT2D eigenvalue weighted by Crippen LogP contribution is 2.27. The molecule has 2 heterocycles. The van der Waals surface area contributed by atoms with Crippen molar-refractivity contribution >= 4 is 23.4 Å². The van der Waals surface area contributed by atoms with Gasteiger partial charge in [-0.3, -0.25) is 9.36 Å². The average molecular weight is 372 g/mol. The van der Waals surface area contributed by atoms with Crippen LogP contribution in [0.3, 0.4) is 0 Å². The Labute approximate surface area is 154 Å². The zero-order chi connectivity index (χ0) is 18.5. The van der Waals surface area contributed by atoms with E-state index in [-0.39, 0.29) is 5.91 Å². The van der Waals surface area contributed by atoms with Crippen molar-refractivity contribution in [3.63, 3.8) is 0 Å². The second kappa shape index (κ2) is 8.01. The van der Waals surface area contributed by atoms with Crippen molar-refractivity contribution in [2.24, 2.45) is 0 Å². The van der Waals surface area contributed by atoms with Crippen molar-refractivity contribution in [1.29, 1.82) is 0 Å². The first-order valence-electron chi connectivity index (χ1n) is 7.89. The van der Waals surface area contributed by atoms with Gasteiger partial charge in [0.05, 0.1) is 11.5 Å². The summed E-state index contributed by atoms with van der Waals surface area (Å²) in [6, 6.07) is 9.32. The summed E-state index contributed by atoms with van der Waals surface area (Å²) in [4.78, 5) is 12.4. The largest absolute Gasteiger partial charge is 0.461 e. The van der Waals surface area contributed by atoms with Crippen molar-refractivity contribution in [3.05, 3.63) is 61.1 Å². The highest BCUT2D eigenvalue weighted by molar-refractivity contribution is 8.00. The van der Waals surface area contributed by atoms with Crippen molar-refractivity contribution in [1.82, 2.24) is 14.8 Å². The molecule has 1 N–H and O–H groups in total. The van der Waals surface area contributed by atoms with Gasteiger partial charge in [0.1, 0.15) is 5.82 Å². The lowest BCUT2D eigenvalue weighted by Crippen LogP contribution is -2.23. The molecule has 134 valence electrons. The van der Waals surface area contributed by atoms with Gasteiger partial charge >= 0.3 is 0 Å². The van der Waals surface area contributed by atoms with Gasteiger partial charge in [0.2, 0.25) is 11.7 Å². The van der Waals surface area contributed by atoms with E-state index in [2.05, 4.69) is 22.1 Å². The molecule has 3 rings (SSSR count). The molecular weight excluding hydrogens is 355 g/mol. The fraction of sp³-hybridized carbons (Fsp3) is 0.167. The predicted octanol–water partition coefficient (Wildman–Crippen LogP) is 3.98. The Bertz CT molecular complexity index is 908. The molecule has 0 aliphatic carbocycles.